The Kier molecular flexibility index (Phi) is 5.78. The minimum absolute atomic E-state index is 0.0209. The second kappa shape index (κ2) is 8.24. The van der Waals surface area contributed by atoms with Crippen LogP contribution < -0.4 is 5.32 Å². The third-order valence-corrected chi connectivity index (χ3v) is 4.93. The summed E-state index contributed by atoms with van der Waals surface area (Å²) >= 11 is 7.05. The summed E-state index contributed by atoms with van der Waals surface area (Å²) in [5, 5.41) is 14.3. The van der Waals surface area contributed by atoms with Gasteiger partial charge in [0.15, 0.2) is 5.16 Å². The smallest absolute Gasteiger partial charge is 0.289 e. The van der Waals surface area contributed by atoms with Gasteiger partial charge in [-0.2, -0.15) is 0 Å². The van der Waals surface area contributed by atoms with Gasteiger partial charge < -0.3 is 5.32 Å². The van der Waals surface area contributed by atoms with E-state index in [1.165, 1.54) is 30.0 Å². The molecule has 1 N–H and O–H groups in total. The number of hydrogen-bond acceptors (Lipinski definition) is 5. The number of benzene rings is 2. The molecule has 3 aromatic rings. The number of imidazole rings is 1. The third kappa shape index (κ3) is 4.66. The van der Waals surface area contributed by atoms with Crippen molar-refractivity contribution >= 4 is 40.6 Å². The van der Waals surface area contributed by atoms with Crippen LogP contribution in [0.25, 0.3) is 5.69 Å². The lowest BCUT2D eigenvalue weighted by molar-refractivity contribution is -0.384. The average Bonchev–Trinajstić information content (AvgIpc) is 3.10. The van der Waals surface area contributed by atoms with Crippen LogP contribution in [0.5, 0.6) is 0 Å². The highest BCUT2D eigenvalue weighted by molar-refractivity contribution is 7.99. The topological polar surface area (TPSA) is 90.1 Å². The van der Waals surface area contributed by atoms with Crippen LogP contribution >= 0.6 is 23.4 Å². The second-order valence-corrected chi connectivity index (χ2v) is 7.03. The van der Waals surface area contributed by atoms with E-state index in [2.05, 4.69) is 10.3 Å². The molecule has 0 aliphatic rings. The van der Waals surface area contributed by atoms with Crippen molar-refractivity contribution in [3.63, 3.8) is 0 Å². The number of nitro groups is 1. The van der Waals surface area contributed by atoms with Gasteiger partial charge in [-0.3, -0.25) is 19.5 Å². The van der Waals surface area contributed by atoms with Crippen LogP contribution in [0.3, 0.4) is 0 Å². The predicted molar refractivity (Wildman–Crippen MR) is 106 cm³/mol. The number of rotatable bonds is 6. The van der Waals surface area contributed by atoms with E-state index in [0.717, 1.165) is 11.3 Å². The van der Waals surface area contributed by atoms with Crippen LogP contribution in [0.15, 0.2) is 60.0 Å². The predicted octanol–water partition coefficient (Wildman–Crippen LogP) is 4.47. The molecular weight excluding hydrogens is 388 g/mol. The average molecular weight is 403 g/mol. The molecular formula is C18H15ClN4O3S. The Morgan fingerprint density at radius 1 is 1.33 bits per heavy atom. The summed E-state index contributed by atoms with van der Waals surface area (Å²) in [6.45, 7) is 2.01. The number of carbonyl (C=O) groups is 1. The molecule has 0 fully saturated rings. The van der Waals surface area contributed by atoms with E-state index in [1.54, 1.807) is 6.20 Å². The number of anilines is 1. The number of nitrogens with zero attached hydrogens (tertiary/aromatic N) is 3. The molecule has 0 bridgehead atoms. The lowest BCUT2D eigenvalue weighted by Crippen LogP contribution is -2.14. The highest BCUT2D eigenvalue weighted by atomic mass is 35.5. The van der Waals surface area contributed by atoms with Crippen molar-refractivity contribution < 1.29 is 9.72 Å². The minimum atomic E-state index is -0.592. The number of carbonyl (C=O) groups excluding carboxylic acids is 1. The molecule has 0 unspecified atom stereocenters. The fourth-order valence-corrected chi connectivity index (χ4v) is 3.39. The maximum absolute atomic E-state index is 12.2. The van der Waals surface area contributed by atoms with Crippen molar-refractivity contribution in [3.8, 4) is 5.69 Å². The van der Waals surface area contributed by atoms with Crippen LogP contribution in [-0.2, 0) is 4.79 Å². The lowest BCUT2D eigenvalue weighted by Gasteiger charge is -2.09. The lowest BCUT2D eigenvalue weighted by atomic mass is 10.2. The molecule has 0 radical (unpaired) electrons. The van der Waals surface area contributed by atoms with Gasteiger partial charge in [-0.25, -0.2) is 4.98 Å². The first-order valence-corrected chi connectivity index (χ1v) is 9.27. The largest absolute Gasteiger partial charge is 0.325 e. The molecule has 0 atom stereocenters. The molecule has 138 valence electrons. The van der Waals surface area contributed by atoms with Crippen LogP contribution in [0, 0.1) is 17.0 Å². The van der Waals surface area contributed by atoms with Crippen molar-refractivity contribution in [2.75, 3.05) is 11.1 Å². The molecule has 2 aromatic carbocycles. The first kappa shape index (κ1) is 18.9. The molecule has 1 amide bonds. The Balaban J connectivity index is 1.66. The number of aryl methyl sites for hydroxylation is 1. The Morgan fingerprint density at radius 3 is 2.89 bits per heavy atom. The standard InChI is InChI=1S/C18H15ClN4O3S/c1-12-3-2-4-14(9-12)22-8-7-20-18(22)27-11-17(24)21-13-5-6-15(19)16(10-13)23(25)26/h2-10H,11H2,1H3,(H,21,24). The zero-order chi connectivity index (χ0) is 19.4. The summed E-state index contributed by atoms with van der Waals surface area (Å²) in [5.41, 5.74) is 2.15. The quantitative estimate of drug-likeness (QED) is 0.373. The molecule has 1 aromatic heterocycles. The fraction of sp³-hybridized carbons (Fsp3) is 0.111. The van der Waals surface area contributed by atoms with Crippen LogP contribution in [0.2, 0.25) is 5.02 Å². The van der Waals surface area contributed by atoms with Gasteiger partial charge in [-0.05, 0) is 36.8 Å². The van der Waals surface area contributed by atoms with Crippen LogP contribution in [-0.4, -0.2) is 26.1 Å². The van der Waals surface area contributed by atoms with Gasteiger partial charge in [0.1, 0.15) is 5.02 Å². The van der Waals surface area contributed by atoms with E-state index >= 15 is 0 Å². The number of nitrogens with one attached hydrogen (secondary N) is 1. The van der Waals surface area contributed by atoms with Gasteiger partial charge in [0.2, 0.25) is 5.91 Å². The van der Waals surface area contributed by atoms with Crippen molar-refractivity contribution in [1.82, 2.24) is 9.55 Å². The molecule has 0 spiro atoms. The van der Waals surface area contributed by atoms with Crippen molar-refractivity contribution in [3.05, 3.63) is 75.6 Å². The molecule has 0 saturated heterocycles. The van der Waals surface area contributed by atoms with E-state index in [0.29, 0.717) is 10.8 Å². The molecule has 9 heteroatoms. The number of halogens is 1. The van der Waals surface area contributed by atoms with Gasteiger partial charge in [0.05, 0.1) is 10.7 Å². The van der Waals surface area contributed by atoms with E-state index < -0.39 is 4.92 Å². The van der Waals surface area contributed by atoms with Crippen molar-refractivity contribution in [2.45, 2.75) is 12.1 Å². The Bertz CT molecular complexity index is 1010. The zero-order valence-electron chi connectivity index (χ0n) is 14.3. The van der Waals surface area contributed by atoms with Gasteiger partial charge >= 0.3 is 0 Å². The number of aromatic nitrogens is 2. The Hall–Kier alpha value is -2.84. The zero-order valence-corrected chi connectivity index (χ0v) is 15.8. The Morgan fingerprint density at radius 2 is 2.15 bits per heavy atom. The van der Waals surface area contributed by atoms with Gasteiger partial charge in [0, 0.05) is 29.8 Å². The number of nitro benzene ring substituents is 1. The minimum Gasteiger partial charge on any atom is -0.325 e. The maximum atomic E-state index is 12.2. The van der Waals surface area contributed by atoms with Crippen LogP contribution in [0.1, 0.15) is 5.56 Å². The third-order valence-electron chi connectivity index (χ3n) is 3.65. The number of thioether (sulfide) groups is 1. The SMILES string of the molecule is Cc1cccc(-n2ccnc2SCC(=O)Nc2ccc(Cl)c([N+](=O)[O-])c2)c1. The molecule has 27 heavy (non-hydrogen) atoms. The molecule has 1 heterocycles. The van der Waals surface area contributed by atoms with Crippen LogP contribution in [0.4, 0.5) is 11.4 Å². The maximum Gasteiger partial charge on any atom is 0.289 e. The summed E-state index contributed by atoms with van der Waals surface area (Å²) in [6.07, 6.45) is 3.50. The molecule has 3 rings (SSSR count). The molecule has 0 aliphatic carbocycles. The highest BCUT2D eigenvalue weighted by Crippen LogP contribution is 2.27. The van der Waals surface area contributed by atoms with Gasteiger partial charge in [-0.1, -0.05) is 35.5 Å². The van der Waals surface area contributed by atoms with Crippen molar-refractivity contribution in [2.24, 2.45) is 0 Å². The molecule has 0 saturated carbocycles. The molecule has 0 aliphatic heterocycles. The number of amides is 1. The normalized spacial score (nSPS) is 10.6. The Labute approximate surface area is 164 Å². The van der Waals surface area contributed by atoms with E-state index in [9.17, 15) is 14.9 Å². The monoisotopic (exact) mass is 402 g/mol. The van der Waals surface area contributed by atoms with E-state index in [-0.39, 0.29) is 22.4 Å². The van der Waals surface area contributed by atoms with Gasteiger partial charge in [-0.15, -0.1) is 0 Å². The summed E-state index contributed by atoms with van der Waals surface area (Å²) in [5.74, 6) is -0.186. The summed E-state index contributed by atoms with van der Waals surface area (Å²) in [6, 6.07) is 12.1. The van der Waals surface area contributed by atoms with Crippen molar-refractivity contribution in [1.29, 1.82) is 0 Å². The van der Waals surface area contributed by atoms with E-state index in [4.69, 9.17) is 11.6 Å². The first-order valence-electron chi connectivity index (χ1n) is 7.91. The summed E-state index contributed by atoms with van der Waals surface area (Å²) in [4.78, 5) is 26.8. The summed E-state index contributed by atoms with van der Waals surface area (Å²) in [7, 11) is 0. The fourth-order valence-electron chi connectivity index (χ4n) is 2.43. The number of hydrogen-bond donors (Lipinski definition) is 1. The highest BCUT2D eigenvalue weighted by Gasteiger charge is 2.15. The van der Waals surface area contributed by atoms with Gasteiger partial charge in [0.25, 0.3) is 5.69 Å². The second-order valence-electron chi connectivity index (χ2n) is 5.68. The summed E-state index contributed by atoms with van der Waals surface area (Å²) < 4.78 is 1.90. The molecule has 7 nitrogen and oxygen atoms in total. The van der Waals surface area contributed by atoms with E-state index in [1.807, 2.05) is 42.0 Å². The first-order chi connectivity index (χ1) is 12.9.